The zero-order valence-electron chi connectivity index (χ0n) is 41.3. The van der Waals surface area contributed by atoms with Gasteiger partial charge in [0.15, 0.2) is 0 Å². The highest BCUT2D eigenvalue weighted by Gasteiger charge is 2.21. The van der Waals surface area contributed by atoms with E-state index in [1.54, 1.807) is 0 Å². The molecule has 0 aromatic heterocycles. The lowest BCUT2D eigenvalue weighted by Crippen LogP contribution is -2.47. The maximum atomic E-state index is 11.7. The fourth-order valence-electron chi connectivity index (χ4n) is 5.38. The molecule has 3 heterocycles. The van der Waals surface area contributed by atoms with Gasteiger partial charge in [-0.25, -0.2) is 0 Å². The zero-order valence-corrected chi connectivity index (χ0v) is 44.6. The maximum Gasteiger partial charge on any atom is 0.394 e. The Bertz CT molecular complexity index is 1580. The van der Waals surface area contributed by atoms with Crippen LogP contribution in [0.2, 0.25) is 0 Å². The summed E-state index contributed by atoms with van der Waals surface area (Å²) in [6.07, 6.45) is 2.79. The summed E-state index contributed by atoms with van der Waals surface area (Å²) in [4.78, 5) is 42.0. The van der Waals surface area contributed by atoms with Crippen molar-refractivity contribution in [2.45, 2.75) is 78.9 Å². The van der Waals surface area contributed by atoms with E-state index in [1.165, 1.54) is 0 Å². The Balaban J connectivity index is -0.000000398. The monoisotopic (exact) mass is 1120 g/mol. The van der Waals surface area contributed by atoms with Gasteiger partial charge in [0.1, 0.15) is 0 Å². The van der Waals surface area contributed by atoms with E-state index >= 15 is 0 Å². The molecule has 0 radical (unpaired) electrons. The Labute approximate surface area is 419 Å². The largest absolute Gasteiger partial charge is 0.394 e. The molecule has 3 amide bonds. The quantitative estimate of drug-likeness (QED) is 0.0602. The second-order valence-electron chi connectivity index (χ2n) is 15.8. The number of hydrogen-bond donors (Lipinski definition) is 14. The number of amides is 3. The molecule has 6 atom stereocenters. The van der Waals surface area contributed by atoms with Gasteiger partial charge in [-0.1, -0.05) is 60.8 Å². The molecule has 0 unspecified atom stereocenters. The van der Waals surface area contributed by atoms with E-state index in [4.69, 9.17) is 102 Å². The molecule has 3 saturated heterocycles. The molecule has 3 fully saturated rings. The Morgan fingerprint density at radius 2 is 0.577 bits per heavy atom. The predicted octanol–water partition coefficient (Wildman–Crippen LogP) is -3.19. The topological polar surface area (TPSA) is 501 Å². The van der Waals surface area contributed by atoms with E-state index in [0.29, 0.717) is 19.6 Å². The van der Waals surface area contributed by atoms with Gasteiger partial charge in [-0.3, -0.25) is 65.5 Å². The highest BCUT2D eigenvalue weighted by atomic mass is 32.3. The van der Waals surface area contributed by atoms with Crippen LogP contribution in [0, 0.1) is 17.8 Å². The lowest BCUT2D eigenvalue weighted by atomic mass is 9.99. The number of nitrogens with zero attached hydrogens (tertiary/aromatic N) is 3. The van der Waals surface area contributed by atoms with Crippen molar-refractivity contribution in [3.63, 3.8) is 0 Å². The van der Waals surface area contributed by atoms with Gasteiger partial charge in [-0.05, 0) is 17.8 Å². The Kier molecular flexibility index (Phi) is 44.2. The highest BCUT2D eigenvalue weighted by Crippen LogP contribution is 2.07. The summed E-state index contributed by atoms with van der Waals surface area (Å²) in [5.74, 6) is 0.600. The average Bonchev–Trinajstić information content (AvgIpc) is 3.26. The molecule has 71 heavy (non-hydrogen) atoms. The number of ether oxygens (including phenoxy) is 3. The summed E-state index contributed by atoms with van der Waals surface area (Å²) < 4.78 is 142. The van der Waals surface area contributed by atoms with Crippen LogP contribution in [0.15, 0.2) is 0 Å². The first-order valence-electron chi connectivity index (χ1n) is 22.2. The second kappa shape index (κ2) is 41.8. The number of rotatable bonds is 18. The third kappa shape index (κ3) is 60.0. The Morgan fingerprint density at radius 1 is 0.423 bits per heavy atom. The molecule has 0 bridgehead atoms. The van der Waals surface area contributed by atoms with Gasteiger partial charge in [-0.15, -0.1) is 0 Å². The fourth-order valence-corrected chi connectivity index (χ4v) is 5.38. The van der Waals surface area contributed by atoms with Crippen molar-refractivity contribution in [3.8, 4) is 0 Å². The first-order chi connectivity index (χ1) is 32.4. The molecule has 3 aliphatic rings. The van der Waals surface area contributed by atoms with Crippen molar-refractivity contribution in [1.82, 2.24) is 30.7 Å². The lowest BCUT2D eigenvalue weighted by Gasteiger charge is -2.27. The first-order valence-corrected chi connectivity index (χ1v) is 27.8. The predicted molar refractivity (Wildman–Crippen MR) is 260 cm³/mol. The fraction of sp³-hybridized carbons (Fsp3) is 0.917. The molecule has 0 aromatic carbocycles. The van der Waals surface area contributed by atoms with Crippen LogP contribution < -0.4 is 33.2 Å². The zero-order chi connectivity index (χ0) is 56.0. The number of carbonyl (C=O) groups is 3. The minimum Gasteiger partial charge on any atom is -0.379 e. The number of carbonyl (C=O) groups excluding carboxylic acids is 3. The standard InChI is InChI=1S/3C12H25N3O2.4H2O4S/c3*1-3-10(2)11(13)12(16)14-4-5-15-6-8-17-9-7-15;4*1-5(2,3)4/h3*10-11H,3-9,13H2,1-2H3,(H,14,16);4*(H2,1,2,3,4)/t3*10-,11-;;;;/m000..../s1. The van der Waals surface area contributed by atoms with Crippen LogP contribution in [0.4, 0.5) is 0 Å². The van der Waals surface area contributed by atoms with E-state index in [0.717, 1.165) is 118 Å². The van der Waals surface area contributed by atoms with Gasteiger partial charge in [0.25, 0.3) is 0 Å². The van der Waals surface area contributed by atoms with Crippen LogP contribution in [0.1, 0.15) is 60.8 Å². The van der Waals surface area contributed by atoms with E-state index in [-0.39, 0.29) is 53.6 Å². The average molecular weight is 1120 g/mol. The number of morpholine rings is 3. The summed E-state index contributed by atoms with van der Waals surface area (Å²) >= 11 is 0. The van der Waals surface area contributed by atoms with E-state index in [2.05, 4.69) is 30.7 Å². The smallest absolute Gasteiger partial charge is 0.379 e. The van der Waals surface area contributed by atoms with Gasteiger partial charge >= 0.3 is 41.6 Å². The Morgan fingerprint density at radius 3 is 0.718 bits per heavy atom. The van der Waals surface area contributed by atoms with Crippen molar-refractivity contribution in [1.29, 1.82) is 0 Å². The van der Waals surface area contributed by atoms with Crippen LogP contribution in [-0.2, 0) is 70.2 Å². The minimum atomic E-state index is -4.67. The van der Waals surface area contributed by atoms with Crippen molar-refractivity contribution in [2.24, 2.45) is 35.0 Å². The van der Waals surface area contributed by atoms with Crippen LogP contribution in [0.5, 0.6) is 0 Å². The van der Waals surface area contributed by atoms with Gasteiger partial charge in [0, 0.05) is 78.5 Å². The van der Waals surface area contributed by atoms with Gasteiger partial charge in [0.2, 0.25) is 17.7 Å². The number of nitrogens with one attached hydrogen (secondary N) is 3. The maximum absolute atomic E-state index is 11.7. The molecule has 3 aliphatic heterocycles. The molecule has 0 aliphatic carbocycles. The van der Waals surface area contributed by atoms with Crippen LogP contribution >= 0.6 is 0 Å². The van der Waals surface area contributed by atoms with E-state index in [9.17, 15) is 14.4 Å². The summed E-state index contributed by atoms with van der Waals surface area (Å²) in [6, 6.07) is -1.15. The summed E-state index contributed by atoms with van der Waals surface area (Å²) in [7, 11) is -18.7. The van der Waals surface area contributed by atoms with E-state index < -0.39 is 41.6 Å². The van der Waals surface area contributed by atoms with Crippen LogP contribution in [0.3, 0.4) is 0 Å². The van der Waals surface area contributed by atoms with Crippen molar-refractivity contribution in [2.75, 3.05) is 118 Å². The lowest BCUT2D eigenvalue weighted by molar-refractivity contribution is -0.124. The Hall–Kier alpha value is -2.47. The molecular formula is C36H83N9O22S4. The molecule has 0 aromatic rings. The van der Waals surface area contributed by atoms with Crippen molar-refractivity contribution >= 4 is 59.3 Å². The molecule has 17 N–H and O–H groups in total. The minimum absolute atomic E-state index is 0.0346. The molecular weight excluding hydrogens is 1040 g/mol. The van der Waals surface area contributed by atoms with Gasteiger partial charge in [-0.2, -0.15) is 33.7 Å². The molecule has 428 valence electrons. The van der Waals surface area contributed by atoms with Gasteiger partial charge < -0.3 is 47.4 Å². The number of nitrogens with two attached hydrogens (primary N) is 3. The molecule has 3 rings (SSSR count). The first kappa shape index (κ1) is 75.1. The van der Waals surface area contributed by atoms with E-state index in [1.807, 2.05) is 41.5 Å². The molecule has 31 nitrogen and oxygen atoms in total. The van der Waals surface area contributed by atoms with Crippen molar-refractivity contribution in [3.05, 3.63) is 0 Å². The van der Waals surface area contributed by atoms with Crippen LogP contribution in [-0.4, -0.2) is 239 Å². The third-order valence-corrected chi connectivity index (χ3v) is 10.2. The van der Waals surface area contributed by atoms with Crippen molar-refractivity contribution < 1.29 is 98.7 Å². The third-order valence-electron chi connectivity index (χ3n) is 10.2. The number of hydrogen-bond acceptors (Lipinski definition) is 20. The SMILES string of the molecule is CC[C@H](C)[C@H](N)C(=O)NCCN1CCOCC1.CC[C@H](C)[C@H](N)C(=O)NCCN1CCOCC1.CC[C@H](C)[C@H](N)C(=O)NCCN1CCOCC1.O=S(=O)(O)O.O=S(=O)(O)O.O=S(=O)(O)O.O=S(=O)(O)O. The van der Waals surface area contributed by atoms with Gasteiger partial charge in [0.05, 0.1) is 57.8 Å². The molecule has 35 heteroatoms. The molecule has 0 saturated carbocycles. The highest BCUT2D eigenvalue weighted by molar-refractivity contribution is 7.80. The summed E-state index contributed by atoms with van der Waals surface area (Å²) in [5, 5.41) is 8.70. The summed E-state index contributed by atoms with van der Waals surface area (Å²) in [5.41, 5.74) is 17.5. The second-order valence-corrected chi connectivity index (χ2v) is 19.3. The van der Waals surface area contributed by atoms with Crippen LogP contribution in [0.25, 0.3) is 0 Å². The molecule has 0 spiro atoms. The normalized spacial score (nSPS) is 18.3. The summed E-state index contributed by atoms with van der Waals surface area (Å²) in [6.45, 7) is 27.3.